The first kappa shape index (κ1) is 61.9. The molecule has 6 N–H and O–H groups in total. The number of fused-ring (bicyclic) bond motifs is 4. The van der Waals surface area contributed by atoms with Crippen LogP contribution in [0.2, 0.25) is 0 Å². The maximum atomic E-state index is 14.2. The molecular weight excluding hydrogens is 1130 g/mol. The monoisotopic (exact) mass is 1200 g/mol. The van der Waals surface area contributed by atoms with Gasteiger partial charge in [-0.15, -0.1) is 0 Å². The predicted molar refractivity (Wildman–Crippen MR) is 333 cm³/mol. The van der Waals surface area contributed by atoms with Gasteiger partial charge in [-0.25, -0.2) is 0 Å². The molecule has 88 heavy (non-hydrogen) atoms. The molecular formula is C64H68N12O12. The van der Waals surface area contributed by atoms with Gasteiger partial charge < -0.3 is 60.1 Å². The highest BCUT2D eigenvalue weighted by Crippen LogP contribution is 2.42. The average Bonchev–Trinajstić information content (AvgIpc) is 2.19. The second-order valence-corrected chi connectivity index (χ2v) is 21.1. The lowest BCUT2D eigenvalue weighted by Gasteiger charge is -2.24. The van der Waals surface area contributed by atoms with Crippen LogP contribution in [0.25, 0.3) is 11.1 Å². The van der Waals surface area contributed by atoms with Gasteiger partial charge in [-0.2, -0.15) is 9.97 Å². The van der Waals surface area contributed by atoms with Gasteiger partial charge in [-0.3, -0.25) is 48.9 Å². The number of rotatable bonds is 26. The maximum Gasteiger partial charge on any atom is 0.260 e. The number of benzene rings is 4. The summed E-state index contributed by atoms with van der Waals surface area (Å²) in [4.78, 5) is 113. The van der Waals surface area contributed by atoms with Gasteiger partial charge in [-0.1, -0.05) is 51.3 Å². The Hall–Kier alpha value is -10.7. The summed E-state index contributed by atoms with van der Waals surface area (Å²) in [6.45, 7) is 12.7. The number of ether oxygens (including phenoxy) is 5. The van der Waals surface area contributed by atoms with E-state index in [0.29, 0.717) is 76.9 Å². The number of methoxy groups -OCH3 is 3. The summed E-state index contributed by atoms with van der Waals surface area (Å²) >= 11 is 0. The first-order valence-corrected chi connectivity index (χ1v) is 28.5. The third-order valence-corrected chi connectivity index (χ3v) is 14.7. The van der Waals surface area contributed by atoms with Gasteiger partial charge in [0, 0.05) is 80.9 Å². The fourth-order valence-electron chi connectivity index (χ4n) is 10.00. The second-order valence-electron chi connectivity index (χ2n) is 21.1. The molecule has 24 nitrogen and oxygen atoms in total. The number of carbonyl (C=O) groups is 7. The number of nitrogens with zero attached hydrogens (tertiary/aromatic N) is 6. The molecule has 5 heterocycles. The molecule has 0 spiro atoms. The van der Waals surface area contributed by atoms with Crippen molar-refractivity contribution in [2.45, 2.75) is 77.0 Å². The van der Waals surface area contributed by atoms with Crippen LogP contribution in [0, 0.1) is 5.92 Å². The van der Waals surface area contributed by atoms with Crippen molar-refractivity contribution in [2.75, 3.05) is 62.4 Å². The highest BCUT2D eigenvalue weighted by molar-refractivity contribution is 6.07. The molecule has 1 aromatic heterocycles. The van der Waals surface area contributed by atoms with Gasteiger partial charge in [0.25, 0.3) is 11.8 Å². The summed E-state index contributed by atoms with van der Waals surface area (Å²) in [7, 11) is 4.64. The number of anilines is 4. The zero-order valence-corrected chi connectivity index (χ0v) is 49.5. The van der Waals surface area contributed by atoms with Crippen LogP contribution in [-0.2, 0) is 24.0 Å². The predicted octanol–water partition coefficient (Wildman–Crippen LogP) is 8.02. The number of nitrogens with one attached hydrogen (secondary N) is 6. The molecule has 0 unspecified atom stereocenters. The molecule has 7 amide bonds. The van der Waals surface area contributed by atoms with Crippen LogP contribution in [0.1, 0.15) is 84.7 Å². The molecule has 9 rings (SSSR count). The van der Waals surface area contributed by atoms with Crippen LogP contribution in [0.4, 0.5) is 34.6 Å². The Bertz CT molecular complexity index is 3630. The minimum Gasteiger partial charge on any atom is -0.497 e. The SMILES string of the molecule is C=CC(=O)Nc1cc(NCCCC(=O)N[C@H](C(=O)N[C@@H](C)C(=O)Nc2ccc(C3=CN4C(=O)c5cc(OC)c(OCCCOc6cc7c(cc6OC)C(=O)N6C=C(c8ccc(OC)cc8)C[C@H]6C=N7)cc5N=C[C@@H]4C3)cc2)C(C)C)nc(NC(=O)C=C)n1. The van der Waals surface area contributed by atoms with Crippen LogP contribution in [0.5, 0.6) is 28.7 Å². The van der Waals surface area contributed by atoms with E-state index in [2.05, 4.69) is 55.0 Å². The fraction of sp³-hybridized carbons (Fsp3) is 0.297. The quantitative estimate of drug-likeness (QED) is 0.0226. The van der Waals surface area contributed by atoms with E-state index < -0.39 is 41.6 Å². The lowest BCUT2D eigenvalue weighted by Crippen LogP contribution is -2.53. The molecule has 0 bridgehead atoms. The van der Waals surface area contributed by atoms with Crippen molar-refractivity contribution < 1.29 is 57.2 Å². The third kappa shape index (κ3) is 14.7. The van der Waals surface area contributed by atoms with Crippen molar-refractivity contribution in [1.29, 1.82) is 0 Å². The first-order valence-electron chi connectivity index (χ1n) is 28.5. The lowest BCUT2D eigenvalue weighted by atomic mass is 10.0. The summed E-state index contributed by atoms with van der Waals surface area (Å²) in [5.74, 6) is -0.664. The zero-order valence-electron chi connectivity index (χ0n) is 49.5. The second kappa shape index (κ2) is 28.0. The van der Waals surface area contributed by atoms with E-state index in [1.807, 2.05) is 42.6 Å². The van der Waals surface area contributed by atoms with Gasteiger partial charge in [0.15, 0.2) is 23.0 Å². The molecule has 24 heteroatoms. The summed E-state index contributed by atoms with van der Waals surface area (Å²) in [6, 6.07) is 20.5. The molecule has 4 aliphatic heterocycles. The summed E-state index contributed by atoms with van der Waals surface area (Å²) in [5, 5.41) is 16.3. The zero-order chi connectivity index (χ0) is 62.6. The maximum absolute atomic E-state index is 14.2. The molecule has 4 atom stereocenters. The molecule has 456 valence electrons. The minimum absolute atomic E-state index is 0.0356. The van der Waals surface area contributed by atoms with E-state index >= 15 is 0 Å². The van der Waals surface area contributed by atoms with Crippen molar-refractivity contribution in [1.82, 2.24) is 30.4 Å². The Kier molecular flexibility index (Phi) is 19.7. The molecule has 0 radical (unpaired) electrons. The lowest BCUT2D eigenvalue weighted by molar-refractivity contribution is -0.131. The van der Waals surface area contributed by atoms with Gasteiger partial charge in [0.2, 0.25) is 35.5 Å². The molecule has 4 aliphatic rings. The molecule has 4 aromatic carbocycles. The first-order chi connectivity index (χ1) is 42.4. The Labute approximate surface area is 508 Å². The highest BCUT2D eigenvalue weighted by atomic mass is 16.5. The Morgan fingerprint density at radius 1 is 0.625 bits per heavy atom. The molecule has 0 aliphatic carbocycles. The standard InChI is InChI=1S/C64H68N12O12/c1-9-56(77)70-55-31-54(71-64(72-55)74-57(78)10-2)65-22-11-13-58(79)73-59(36(3)4)61(81)68-37(5)60(80)69-42-18-14-38(15-19-42)40-25-43-32-66-48-29-52(50(85-7)27-46(48)62(82)75(43)34-40)87-23-12-24-88-53-30-49-47(28-51(53)86-8)63(83)76-35-41(26-44(76)33-67-49)39-16-20-45(84-6)21-17-39/h9-10,14-21,27-37,43-44,59H,1-2,11-13,22-26H2,3-8H3,(H,68,81)(H,69,80)(H,73,79)(H3,65,70,71,72,74,77,78)/t37-,43-,44-,59-/m0/s1. The van der Waals surface area contributed by atoms with Gasteiger partial charge >= 0.3 is 0 Å². The number of hydrogen-bond acceptors (Lipinski definition) is 17. The van der Waals surface area contributed by atoms with E-state index in [0.717, 1.165) is 40.2 Å². The van der Waals surface area contributed by atoms with E-state index in [1.165, 1.54) is 20.3 Å². The van der Waals surface area contributed by atoms with Crippen molar-refractivity contribution in [3.05, 3.63) is 139 Å². The fourth-order valence-corrected chi connectivity index (χ4v) is 10.00. The van der Waals surface area contributed by atoms with E-state index in [4.69, 9.17) is 33.7 Å². The number of aliphatic imine (C=N–C) groups is 2. The van der Waals surface area contributed by atoms with E-state index in [1.54, 1.807) is 92.7 Å². The Morgan fingerprint density at radius 2 is 1.16 bits per heavy atom. The molecule has 0 saturated heterocycles. The van der Waals surface area contributed by atoms with Gasteiger partial charge in [0.1, 0.15) is 29.5 Å². The average molecular weight is 1200 g/mol. The van der Waals surface area contributed by atoms with Crippen LogP contribution >= 0.6 is 0 Å². The van der Waals surface area contributed by atoms with Crippen molar-refractivity contribution >= 4 is 99.6 Å². The van der Waals surface area contributed by atoms with Gasteiger partial charge in [0.05, 0.1) is 69.1 Å². The summed E-state index contributed by atoms with van der Waals surface area (Å²) in [5.41, 5.74) is 5.85. The van der Waals surface area contributed by atoms with E-state index in [-0.39, 0.29) is 73.6 Å². The highest BCUT2D eigenvalue weighted by Gasteiger charge is 2.36. The number of amides is 7. The van der Waals surface area contributed by atoms with Crippen LogP contribution < -0.4 is 55.6 Å². The van der Waals surface area contributed by atoms with Crippen LogP contribution in [0.15, 0.2) is 127 Å². The summed E-state index contributed by atoms with van der Waals surface area (Å²) < 4.78 is 29.0. The largest absolute Gasteiger partial charge is 0.497 e. The van der Waals surface area contributed by atoms with Crippen molar-refractivity contribution in [3.63, 3.8) is 0 Å². The van der Waals surface area contributed by atoms with Gasteiger partial charge in [-0.05, 0) is 90.1 Å². The smallest absolute Gasteiger partial charge is 0.260 e. The molecule has 0 fully saturated rings. The van der Waals surface area contributed by atoms with Crippen molar-refractivity contribution in [3.8, 4) is 28.7 Å². The van der Waals surface area contributed by atoms with Crippen LogP contribution in [0.3, 0.4) is 0 Å². The third-order valence-electron chi connectivity index (χ3n) is 14.7. The minimum atomic E-state index is -0.968. The number of aromatic nitrogens is 2. The Balaban J connectivity index is 0.731. The number of carbonyl (C=O) groups excluding carboxylic acids is 7. The van der Waals surface area contributed by atoms with Crippen LogP contribution in [-0.4, -0.2) is 139 Å². The molecule has 0 saturated carbocycles. The summed E-state index contributed by atoms with van der Waals surface area (Å²) in [6.07, 6.45) is 11.2. The number of hydrogen-bond donors (Lipinski definition) is 6. The van der Waals surface area contributed by atoms with Crippen molar-refractivity contribution in [2.24, 2.45) is 15.9 Å². The Morgan fingerprint density at radius 3 is 1.68 bits per heavy atom. The topological polar surface area (TPSA) is 295 Å². The van der Waals surface area contributed by atoms with E-state index in [9.17, 15) is 33.6 Å². The molecule has 5 aromatic rings. The normalized spacial score (nSPS) is 15.9.